The number of halogens is 3. The molecule has 1 aliphatic carbocycles. The number of methoxy groups -OCH3 is 1. The average molecular weight is 373 g/mol. The predicted molar refractivity (Wildman–Crippen MR) is 86.9 cm³/mol. The molecular weight excluding hydrogens is 355 g/mol. The number of anilines is 1. The van der Waals surface area contributed by atoms with Gasteiger partial charge in [0.25, 0.3) is 0 Å². The van der Waals surface area contributed by atoms with Gasteiger partial charge in [-0.05, 0) is 19.3 Å². The Balaban J connectivity index is 2.63. The normalized spacial score (nSPS) is 16.2. The molecule has 7 nitrogen and oxygen atoms in total. The van der Waals surface area contributed by atoms with E-state index in [0.29, 0.717) is 25.3 Å². The van der Waals surface area contributed by atoms with Crippen molar-refractivity contribution in [2.45, 2.75) is 43.8 Å². The van der Waals surface area contributed by atoms with Gasteiger partial charge in [0.1, 0.15) is 11.4 Å². The van der Waals surface area contributed by atoms with Crippen LogP contribution >= 0.6 is 0 Å². The predicted octanol–water partition coefficient (Wildman–Crippen LogP) is 4.10. The van der Waals surface area contributed by atoms with Crippen LogP contribution in [-0.4, -0.2) is 28.5 Å². The molecule has 1 aromatic heterocycles. The zero-order chi connectivity index (χ0) is 19.5. The van der Waals surface area contributed by atoms with Crippen LogP contribution in [0, 0.1) is 10.1 Å². The molecule has 142 valence electrons. The molecule has 1 heterocycles. The summed E-state index contributed by atoms with van der Waals surface area (Å²) in [6, 6.07) is 0.318. The molecule has 0 atom stereocenters. The van der Waals surface area contributed by atoms with Gasteiger partial charge < -0.3 is 10.1 Å². The molecule has 0 aliphatic heterocycles. The molecule has 1 aromatic rings. The smallest absolute Gasteiger partial charge is 0.420 e. The van der Waals surface area contributed by atoms with E-state index >= 15 is 0 Å². The highest BCUT2D eigenvalue weighted by atomic mass is 19.4. The van der Waals surface area contributed by atoms with Crippen molar-refractivity contribution in [3.05, 3.63) is 40.1 Å². The van der Waals surface area contributed by atoms with Gasteiger partial charge in [0.05, 0.1) is 12.0 Å². The summed E-state index contributed by atoms with van der Waals surface area (Å²) < 4.78 is 44.8. The molecule has 0 saturated heterocycles. The van der Waals surface area contributed by atoms with Gasteiger partial charge in [-0.15, -0.1) is 6.58 Å². The average Bonchev–Trinajstić information content (AvgIpc) is 3.01. The van der Waals surface area contributed by atoms with Crippen LogP contribution in [0.25, 0.3) is 0 Å². The van der Waals surface area contributed by atoms with E-state index in [-0.39, 0.29) is 0 Å². The molecule has 2 rings (SSSR count). The van der Waals surface area contributed by atoms with E-state index in [0.717, 1.165) is 20.0 Å². The van der Waals surface area contributed by atoms with E-state index in [4.69, 9.17) is 0 Å². The molecule has 10 heteroatoms. The number of nitrogens with one attached hydrogen (secondary N) is 1. The highest BCUT2D eigenvalue weighted by Crippen LogP contribution is 2.41. The third-order valence-corrected chi connectivity index (χ3v) is 4.36. The second kappa shape index (κ2) is 7.30. The summed E-state index contributed by atoms with van der Waals surface area (Å²) in [4.78, 5) is 25.4. The van der Waals surface area contributed by atoms with Gasteiger partial charge in [0, 0.05) is 11.6 Å². The van der Waals surface area contributed by atoms with Gasteiger partial charge in [-0.3, -0.25) is 10.1 Å². The lowest BCUT2D eigenvalue weighted by molar-refractivity contribution is -0.385. The Bertz CT molecular complexity index is 728. The fraction of sp³-hybridized carbons (Fsp3) is 0.500. The molecule has 26 heavy (non-hydrogen) atoms. The Morgan fingerprint density at radius 2 is 2.12 bits per heavy atom. The number of ether oxygens (including phenoxy) is 1. The van der Waals surface area contributed by atoms with Crippen LogP contribution in [0.5, 0.6) is 0 Å². The van der Waals surface area contributed by atoms with Crippen molar-refractivity contribution in [3.63, 3.8) is 0 Å². The van der Waals surface area contributed by atoms with E-state index in [1.807, 2.05) is 0 Å². The lowest BCUT2D eigenvalue weighted by Gasteiger charge is -2.31. The molecule has 0 spiro atoms. The fourth-order valence-electron chi connectivity index (χ4n) is 3.16. The molecule has 1 N–H and O–H groups in total. The van der Waals surface area contributed by atoms with Crippen LogP contribution in [0.3, 0.4) is 0 Å². The summed E-state index contributed by atoms with van der Waals surface area (Å²) in [6.45, 7) is 3.63. The van der Waals surface area contributed by atoms with Crippen molar-refractivity contribution in [3.8, 4) is 0 Å². The number of nitrogens with zero attached hydrogens (tertiary/aromatic N) is 2. The highest BCUT2D eigenvalue weighted by Gasteiger charge is 2.42. The van der Waals surface area contributed by atoms with E-state index in [1.165, 1.54) is 0 Å². The minimum Gasteiger partial charge on any atom is -0.464 e. The van der Waals surface area contributed by atoms with Gasteiger partial charge in [0.15, 0.2) is 0 Å². The summed E-state index contributed by atoms with van der Waals surface area (Å²) in [7, 11) is 0.967. The summed E-state index contributed by atoms with van der Waals surface area (Å²) in [6.07, 6.45) is -0.0550. The minimum atomic E-state index is -4.89. The van der Waals surface area contributed by atoms with Gasteiger partial charge in [0.2, 0.25) is 5.69 Å². The Labute approximate surface area is 147 Å². The number of carbonyl (C=O) groups excluding carboxylic acids is 1. The second-order valence-electron chi connectivity index (χ2n) is 6.10. The third kappa shape index (κ3) is 3.94. The standard InChI is InChI=1S/C16H18F3N3O4/c1-3-6-15(7-4-5-8-15)21-13-10(16(17,18)19)9-11(22(24)25)12(20-13)14(23)26-2/h3,9H,1,4-8H2,2H3,(H,20,21). The monoisotopic (exact) mass is 373 g/mol. The van der Waals surface area contributed by atoms with Gasteiger partial charge in [-0.25, -0.2) is 9.78 Å². The summed E-state index contributed by atoms with van der Waals surface area (Å²) in [5.74, 6) is -1.80. The molecule has 0 unspecified atom stereocenters. The first kappa shape index (κ1) is 19.7. The quantitative estimate of drug-likeness (QED) is 0.349. The van der Waals surface area contributed by atoms with Crippen LogP contribution in [-0.2, 0) is 10.9 Å². The molecule has 0 amide bonds. The third-order valence-electron chi connectivity index (χ3n) is 4.36. The maximum absolute atomic E-state index is 13.5. The van der Waals surface area contributed by atoms with Crippen LogP contribution in [0.1, 0.15) is 48.2 Å². The number of aromatic nitrogens is 1. The molecule has 1 fully saturated rings. The second-order valence-corrected chi connectivity index (χ2v) is 6.10. The zero-order valence-corrected chi connectivity index (χ0v) is 14.1. The van der Waals surface area contributed by atoms with Crippen molar-refractivity contribution >= 4 is 17.5 Å². The molecule has 1 saturated carbocycles. The summed E-state index contributed by atoms with van der Waals surface area (Å²) in [5, 5.41) is 13.9. The van der Waals surface area contributed by atoms with Crippen molar-refractivity contribution in [1.82, 2.24) is 4.98 Å². The maximum atomic E-state index is 13.5. The number of pyridine rings is 1. The highest BCUT2D eigenvalue weighted by molar-refractivity contribution is 5.92. The van der Waals surface area contributed by atoms with Crippen molar-refractivity contribution in [2.75, 3.05) is 12.4 Å². The van der Waals surface area contributed by atoms with E-state index in [1.54, 1.807) is 6.08 Å². The van der Waals surface area contributed by atoms with E-state index < -0.39 is 45.4 Å². The lowest BCUT2D eigenvalue weighted by Crippen LogP contribution is -2.36. The van der Waals surface area contributed by atoms with Gasteiger partial charge >= 0.3 is 17.8 Å². The molecule has 0 aromatic carbocycles. The SMILES string of the molecule is C=CCC1(Nc2nc(C(=O)OC)c([N+](=O)[O-])cc2C(F)(F)F)CCCC1. The summed E-state index contributed by atoms with van der Waals surface area (Å²) >= 11 is 0. The number of hydrogen-bond acceptors (Lipinski definition) is 6. The Morgan fingerprint density at radius 1 is 1.50 bits per heavy atom. The fourth-order valence-corrected chi connectivity index (χ4v) is 3.16. The Kier molecular flexibility index (Phi) is 5.53. The topological polar surface area (TPSA) is 94.4 Å². The van der Waals surface area contributed by atoms with Gasteiger partial charge in [-0.2, -0.15) is 13.2 Å². The maximum Gasteiger partial charge on any atom is 0.420 e. The van der Waals surface area contributed by atoms with Crippen molar-refractivity contribution in [1.29, 1.82) is 0 Å². The largest absolute Gasteiger partial charge is 0.464 e. The molecule has 1 aliphatic rings. The number of rotatable bonds is 6. The van der Waals surface area contributed by atoms with Crippen LogP contribution in [0.4, 0.5) is 24.7 Å². The first-order valence-electron chi connectivity index (χ1n) is 7.87. The molecule has 0 radical (unpaired) electrons. The summed E-state index contributed by atoms with van der Waals surface area (Å²) in [5.41, 5.74) is -3.82. The lowest BCUT2D eigenvalue weighted by atomic mass is 9.93. The van der Waals surface area contributed by atoms with Gasteiger partial charge in [-0.1, -0.05) is 18.9 Å². The number of alkyl halides is 3. The number of nitro groups is 1. The number of hydrogen-bond donors (Lipinski definition) is 1. The Hall–Kier alpha value is -2.65. The number of carbonyl (C=O) groups is 1. The first-order chi connectivity index (χ1) is 12.1. The Morgan fingerprint density at radius 3 is 2.58 bits per heavy atom. The molecule has 0 bridgehead atoms. The van der Waals surface area contributed by atoms with Crippen LogP contribution in [0.15, 0.2) is 18.7 Å². The first-order valence-corrected chi connectivity index (χ1v) is 7.87. The van der Waals surface area contributed by atoms with Crippen LogP contribution in [0.2, 0.25) is 0 Å². The van der Waals surface area contributed by atoms with E-state index in [2.05, 4.69) is 21.6 Å². The zero-order valence-electron chi connectivity index (χ0n) is 14.1. The van der Waals surface area contributed by atoms with Crippen molar-refractivity contribution in [2.24, 2.45) is 0 Å². The van der Waals surface area contributed by atoms with Crippen LogP contribution < -0.4 is 5.32 Å². The van der Waals surface area contributed by atoms with Crippen molar-refractivity contribution < 1.29 is 27.6 Å². The van der Waals surface area contributed by atoms with E-state index in [9.17, 15) is 28.1 Å². The molecular formula is C16H18F3N3O4. The number of esters is 1. The minimum absolute atomic E-state index is 0.318.